The Labute approximate surface area is 107 Å². The van der Waals surface area contributed by atoms with E-state index in [1.54, 1.807) is 6.07 Å². The van der Waals surface area contributed by atoms with Crippen LogP contribution in [0.2, 0.25) is 0 Å². The van der Waals surface area contributed by atoms with E-state index in [1.165, 1.54) is 11.9 Å². The fraction of sp³-hybridized carbons (Fsp3) is 0.214. The minimum Gasteiger partial charge on any atom is -0.329 e. The van der Waals surface area contributed by atoms with Crippen molar-refractivity contribution >= 4 is 11.5 Å². The van der Waals surface area contributed by atoms with Gasteiger partial charge in [0.1, 0.15) is 23.9 Å². The summed E-state index contributed by atoms with van der Waals surface area (Å²) in [5.74, 6) is 0.714. The van der Waals surface area contributed by atoms with E-state index in [-0.39, 0.29) is 0 Å². The van der Waals surface area contributed by atoms with E-state index in [9.17, 15) is 0 Å². The van der Waals surface area contributed by atoms with Crippen LogP contribution in [0, 0.1) is 11.3 Å². The number of hydrogen-bond donors (Lipinski definition) is 0. The van der Waals surface area contributed by atoms with Crippen LogP contribution in [0.1, 0.15) is 18.2 Å². The van der Waals surface area contributed by atoms with Gasteiger partial charge in [0.25, 0.3) is 0 Å². The molecule has 0 aliphatic carbocycles. The van der Waals surface area contributed by atoms with Crippen LogP contribution in [-0.2, 0) is 6.42 Å². The summed E-state index contributed by atoms with van der Waals surface area (Å²) < 4.78 is 0. The molecule has 4 nitrogen and oxygen atoms in total. The van der Waals surface area contributed by atoms with Crippen LogP contribution >= 0.6 is 0 Å². The molecule has 2 aromatic rings. The highest BCUT2D eigenvalue weighted by molar-refractivity contribution is 5.59. The van der Waals surface area contributed by atoms with Crippen molar-refractivity contribution in [3.8, 4) is 6.07 Å². The first-order valence-corrected chi connectivity index (χ1v) is 5.79. The van der Waals surface area contributed by atoms with Crippen LogP contribution in [0.15, 0.2) is 36.7 Å². The van der Waals surface area contributed by atoms with Crippen molar-refractivity contribution in [2.75, 3.05) is 11.9 Å². The van der Waals surface area contributed by atoms with E-state index in [0.717, 1.165) is 12.1 Å². The van der Waals surface area contributed by atoms with Gasteiger partial charge >= 0.3 is 0 Å². The molecule has 0 atom stereocenters. The zero-order valence-electron chi connectivity index (χ0n) is 10.5. The van der Waals surface area contributed by atoms with Gasteiger partial charge < -0.3 is 4.90 Å². The summed E-state index contributed by atoms with van der Waals surface area (Å²) in [5, 5.41) is 8.82. The highest BCUT2D eigenvalue weighted by Crippen LogP contribution is 2.21. The second-order valence-electron chi connectivity index (χ2n) is 3.95. The standard InChI is InChI=1S/C14H14N4/c1-3-11-4-6-13(7-5-11)18(2)14-8-12(9-15)16-10-17-14/h4-8,10H,3H2,1-2H3. The molecule has 0 saturated carbocycles. The number of hydrogen-bond acceptors (Lipinski definition) is 4. The van der Waals surface area contributed by atoms with Gasteiger partial charge in [-0.05, 0) is 24.1 Å². The minimum atomic E-state index is 0.372. The van der Waals surface area contributed by atoms with E-state index in [4.69, 9.17) is 5.26 Å². The molecule has 0 fully saturated rings. The molecule has 0 spiro atoms. The first-order chi connectivity index (χ1) is 8.74. The van der Waals surface area contributed by atoms with Crippen molar-refractivity contribution in [3.05, 3.63) is 47.9 Å². The Kier molecular flexibility index (Phi) is 3.54. The second kappa shape index (κ2) is 5.28. The lowest BCUT2D eigenvalue weighted by Gasteiger charge is -2.18. The fourth-order valence-corrected chi connectivity index (χ4v) is 1.68. The molecule has 0 amide bonds. The first-order valence-electron chi connectivity index (χ1n) is 5.79. The molecule has 0 unspecified atom stereocenters. The van der Waals surface area contributed by atoms with Crippen molar-refractivity contribution in [1.82, 2.24) is 9.97 Å². The Balaban J connectivity index is 2.29. The van der Waals surface area contributed by atoms with Gasteiger partial charge in [0.2, 0.25) is 0 Å². The summed E-state index contributed by atoms with van der Waals surface area (Å²) >= 11 is 0. The van der Waals surface area contributed by atoms with Crippen LogP contribution in [0.4, 0.5) is 11.5 Å². The predicted molar refractivity (Wildman–Crippen MR) is 70.6 cm³/mol. The number of nitriles is 1. The maximum Gasteiger partial charge on any atom is 0.145 e. The lowest BCUT2D eigenvalue weighted by atomic mass is 10.1. The number of anilines is 2. The van der Waals surface area contributed by atoms with Gasteiger partial charge in [-0.1, -0.05) is 19.1 Å². The molecule has 4 heteroatoms. The lowest BCUT2D eigenvalue weighted by Crippen LogP contribution is -2.11. The van der Waals surface area contributed by atoms with E-state index >= 15 is 0 Å². The largest absolute Gasteiger partial charge is 0.329 e. The number of benzene rings is 1. The molecule has 18 heavy (non-hydrogen) atoms. The Morgan fingerprint density at radius 3 is 2.56 bits per heavy atom. The zero-order chi connectivity index (χ0) is 13.0. The third-order valence-corrected chi connectivity index (χ3v) is 2.84. The van der Waals surface area contributed by atoms with Gasteiger partial charge in [-0.3, -0.25) is 0 Å². The van der Waals surface area contributed by atoms with Gasteiger partial charge in [-0.15, -0.1) is 0 Å². The summed E-state index contributed by atoms with van der Waals surface area (Å²) in [5.41, 5.74) is 2.71. The normalized spacial score (nSPS) is 9.83. The number of rotatable bonds is 3. The topological polar surface area (TPSA) is 52.8 Å². The maximum atomic E-state index is 8.82. The zero-order valence-corrected chi connectivity index (χ0v) is 10.5. The molecule has 0 saturated heterocycles. The van der Waals surface area contributed by atoms with E-state index in [1.807, 2.05) is 30.1 Å². The molecular formula is C14H14N4. The molecule has 0 bridgehead atoms. The fourth-order valence-electron chi connectivity index (χ4n) is 1.68. The van der Waals surface area contributed by atoms with Crippen LogP contribution in [0.25, 0.3) is 0 Å². The SMILES string of the molecule is CCc1ccc(N(C)c2cc(C#N)ncn2)cc1. The predicted octanol–water partition coefficient (Wildman–Crippen LogP) is 2.68. The minimum absolute atomic E-state index is 0.372. The van der Waals surface area contributed by atoms with E-state index in [2.05, 4.69) is 29.0 Å². The molecular weight excluding hydrogens is 224 g/mol. The molecule has 1 heterocycles. The van der Waals surface area contributed by atoms with Crippen molar-refractivity contribution in [2.45, 2.75) is 13.3 Å². The Hall–Kier alpha value is -2.41. The highest BCUT2D eigenvalue weighted by atomic mass is 15.2. The van der Waals surface area contributed by atoms with Crippen molar-refractivity contribution in [2.24, 2.45) is 0 Å². The van der Waals surface area contributed by atoms with Crippen molar-refractivity contribution < 1.29 is 0 Å². The van der Waals surface area contributed by atoms with Gasteiger partial charge in [0.15, 0.2) is 0 Å². The van der Waals surface area contributed by atoms with Crippen LogP contribution < -0.4 is 4.90 Å². The van der Waals surface area contributed by atoms with E-state index in [0.29, 0.717) is 11.5 Å². The Morgan fingerprint density at radius 2 is 1.94 bits per heavy atom. The summed E-state index contributed by atoms with van der Waals surface area (Å²) in [4.78, 5) is 9.96. The third-order valence-electron chi connectivity index (χ3n) is 2.84. The summed E-state index contributed by atoms with van der Waals surface area (Å²) in [7, 11) is 1.92. The average molecular weight is 238 g/mol. The van der Waals surface area contributed by atoms with Crippen molar-refractivity contribution in [3.63, 3.8) is 0 Å². The summed E-state index contributed by atoms with van der Waals surface area (Å²) in [6.45, 7) is 2.13. The van der Waals surface area contributed by atoms with Crippen LogP contribution in [0.5, 0.6) is 0 Å². The smallest absolute Gasteiger partial charge is 0.145 e. The quantitative estimate of drug-likeness (QED) is 0.825. The molecule has 90 valence electrons. The van der Waals surface area contributed by atoms with Crippen LogP contribution in [-0.4, -0.2) is 17.0 Å². The van der Waals surface area contributed by atoms with E-state index < -0.39 is 0 Å². The van der Waals surface area contributed by atoms with Gasteiger partial charge in [0, 0.05) is 18.8 Å². The van der Waals surface area contributed by atoms with Crippen molar-refractivity contribution in [1.29, 1.82) is 5.26 Å². The van der Waals surface area contributed by atoms with Gasteiger partial charge in [0.05, 0.1) is 0 Å². The number of aromatic nitrogens is 2. The lowest BCUT2D eigenvalue weighted by molar-refractivity contribution is 1.06. The second-order valence-corrected chi connectivity index (χ2v) is 3.95. The molecule has 1 aromatic carbocycles. The summed E-state index contributed by atoms with van der Waals surface area (Å²) in [6.07, 6.45) is 2.43. The molecule has 2 rings (SSSR count). The Morgan fingerprint density at radius 1 is 1.22 bits per heavy atom. The first kappa shape index (κ1) is 12.1. The molecule has 0 aliphatic rings. The maximum absolute atomic E-state index is 8.82. The highest BCUT2D eigenvalue weighted by Gasteiger charge is 2.06. The third kappa shape index (κ3) is 2.46. The monoisotopic (exact) mass is 238 g/mol. The number of aryl methyl sites for hydroxylation is 1. The number of nitrogens with zero attached hydrogens (tertiary/aromatic N) is 4. The average Bonchev–Trinajstić information content (AvgIpc) is 2.46. The van der Waals surface area contributed by atoms with Gasteiger partial charge in [-0.2, -0.15) is 5.26 Å². The molecule has 0 radical (unpaired) electrons. The van der Waals surface area contributed by atoms with Crippen LogP contribution in [0.3, 0.4) is 0 Å². The molecule has 0 aliphatic heterocycles. The Bertz CT molecular complexity index is 569. The molecule has 1 aromatic heterocycles. The van der Waals surface area contributed by atoms with Gasteiger partial charge in [-0.25, -0.2) is 9.97 Å². The molecule has 0 N–H and O–H groups in total. The summed E-state index contributed by atoms with van der Waals surface area (Å²) in [6, 6.07) is 12.0.